The van der Waals surface area contributed by atoms with Crippen LogP contribution in [0.2, 0.25) is 0 Å². The summed E-state index contributed by atoms with van der Waals surface area (Å²) in [4.78, 5) is 23.6. The molecule has 0 saturated heterocycles. The lowest BCUT2D eigenvalue weighted by molar-refractivity contribution is -0.152. The summed E-state index contributed by atoms with van der Waals surface area (Å²) in [6.07, 6.45) is 2.28. The molecule has 0 N–H and O–H groups in total. The molecule has 0 fully saturated rings. The average Bonchev–Trinajstić information content (AvgIpc) is 2.68. The van der Waals surface area contributed by atoms with Gasteiger partial charge in [-0.3, -0.25) is 9.59 Å². The molecular formula is C12H16O3. The number of allylic oxidation sites excluding steroid dienone is 1. The van der Waals surface area contributed by atoms with Crippen molar-refractivity contribution in [3.05, 3.63) is 11.1 Å². The highest BCUT2D eigenvalue weighted by Crippen LogP contribution is 2.52. The van der Waals surface area contributed by atoms with E-state index < -0.39 is 5.41 Å². The van der Waals surface area contributed by atoms with Gasteiger partial charge in [-0.2, -0.15) is 0 Å². The first-order valence-corrected chi connectivity index (χ1v) is 5.36. The molecule has 0 saturated carbocycles. The zero-order chi connectivity index (χ0) is 11.2. The molecule has 0 heterocycles. The second-order valence-corrected chi connectivity index (χ2v) is 4.70. The first-order valence-electron chi connectivity index (χ1n) is 5.36. The van der Waals surface area contributed by atoms with Crippen molar-refractivity contribution in [1.82, 2.24) is 0 Å². The molecule has 3 heteroatoms. The Labute approximate surface area is 89.5 Å². The summed E-state index contributed by atoms with van der Waals surface area (Å²) in [6, 6.07) is 0. The number of ketones is 1. The van der Waals surface area contributed by atoms with Gasteiger partial charge in [-0.15, -0.1) is 0 Å². The van der Waals surface area contributed by atoms with Crippen LogP contribution >= 0.6 is 0 Å². The minimum atomic E-state index is -0.697. The third-order valence-electron chi connectivity index (χ3n) is 3.95. The molecule has 0 aliphatic heterocycles. The van der Waals surface area contributed by atoms with Crippen molar-refractivity contribution in [3.8, 4) is 0 Å². The minimum Gasteiger partial charge on any atom is -0.468 e. The molecule has 0 unspecified atom stereocenters. The van der Waals surface area contributed by atoms with Crippen molar-refractivity contribution < 1.29 is 14.3 Å². The Balaban J connectivity index is 2.46. The van der Waals surface area contributed by atoms with Gasteiger partial charge >= 0.3 is 5.97 Å². The van der Waals surface area contributed by atoms with Crippen LogP contribution in [-0.2, 0) is 14.3 Å². The normalized spacial score (nSPS) is 34.6. The molecule has 0 aromatic rings. The maximum absolute atomic E-state index is 11.8. The number of hydrogen-bond donors (Lipinski definition) is 0. The number of methoxy groups -OCH3 is 1. The molecule has 2 rings (SSSR count). The van der Waals surface area contributed by atoms with Crippen molar-refractivity contribution >= 4 is 11.8 Å². The molecular weight excluding hydrogens is 192 g/mol. The first kappa shape index (κ1) is 10.4. The Kier molecular flexibility index (Phi) is 2.21. The summed E-state index contributed by atoms with van der Waals surface area (Å²) in [6.45, 7) is 3.86. The number of esters is 1. The van der Waals surface area contributed by atoms with E-state index >= 15 is 0 Å². The highest BCUT2D eigenvalue weighted by atomic mass is 16.5. The maximum Gasteiger partial charge on any atom is 0.316 e. The second kappa shape index (κ2) is 3.19. The number of carbonyl (C=O) groups excluding carboxylic acids is 2. The van der Waals surface area contributed by atoms with Gasteiger partial charge in [-0.25, -0.2) is 0 Å². The predicted molar refractivity (Wildman–Crippen MR) is 55.2 cm³/mol. The Morgan fingerprint density at radius 1 is 1.47 bits per heavy atom. The highest BCUT2D eigenvalue weighted by molar-refractivity contribution is 6.06. The van der Waals surface area contributed by atoms with Gasteiger partial charge in [0.05, 0.1) is 12.5 Å². The van der Waals surface area contributed by atoms with Crippen molar-refractivity contribution in [2.45, 2.75) is 33.1 Å². The summed E-state index contributed by atoms with van der Waals surface area (Å²) < 4.78 is 4.84. The van der Waals surface area contributed by atoms with Crippen LogP contribution in [0.15, 0.2) is 11.1 Å². The lowest BCUT2D eigenvalue weighted by Gasteiger charge is -2.28. The molecule has 2 aliphatic carbocycles. The van der Waals surface area contributed by atoms with Crippen molar-refractivity contribution in [3.63, 3.8) is 0 Å². The standard InChI is InChI=1S/C12H16O3/c1-7-6-8-4-5-9(13)10(8)12(7,2)11(14)15-3/h7H,4-6H2,1-3H3/t7-,12-/m1/s1. The third-order valence-corrected chi connectivity index (χ3v) is 3.95. The van der Waals surface area contributed by atoms with E-state index in [0.717, 1.165) is 18.4 Å². The van der Waals surface area contributed by atoms with Gasteiger partial charge in [-0.1, -0.05) is 12.5 Å². The van der Waals surface area contributed by atoms with E-state index in [0.29, 0.717) is 6.42 Å². The van der Waals surface area contributed by atoms with Crippen LogP contribution in [0.5, 0.6) is 0 Å². The second-order valence-electron chi connectivity index (χ2n) is 4.70. The van der Waals surface area contributed by atoms with E-state index in [1.165, 1.54) is 12.7 Å². The van der Waals surface area contributed by atoms with Crippen LogP contribution < -0.4 is 0 Å². The summed E-state index contributed by atoms with van der Waals surface area (Å²) in [7, 11) is 1.39. The number of rotatable bonds is 1. The smallest absolute Gasteiger partial charge is 0.316 e. The van der Waals surface area contributed by atoms with Crippen LogP contribution in [0.3, 0.4) is 0 Å². The Bertz CT molecular complexity index is 367. The Morgan fingerprint density at radius 3 is 2.73 bits per heavy atom. The SMILES string of the molecule is COC(=O)[C@@]1(C)C2=C(CCC2=O)C[C@H]1C. The highest BCUT2D eigenvalue weighted by Gasteiger charge is 2.53. The van der Waals surface area contributed by atoms with Gasteiger partial charge < -0.3 is 4.74 Å². The zero-order valence-corrected chi connectivity index (χ0v) is 9.42. The number of carbonyl (C=O) groups is 2. The fraction of sp³-hybridized carbons (Fsp3) is 0.667. The van der Waals surface area contributed by atoms with E-state index in [2.05, 4.69) is 0 Å². The minimum absolute atomic E-state index is 0.141. The number of Topliss-reactive ketones (excluding diaryl/α,β-unsaturated/α-hetero) is 1. The van der Waals surface area contributed by atoms with Gasteiger partial charge in [-0.05, 0) is 25.7 Å². The van der Waals surface area contributed by atoms with Gasteiger partial charge in [0.1, 0.15) is 0 Å². The van der Waals surface area contributed by atoms with Gasteiger partial charge in [0.25, 0.3) is 0 Å². The molecule has 0 aromatic heterocycles. The van der Waals surface area contributed by atoms with Crippen LogP contribution in [0.1, 0.15) is 33.1 Å². The molecule has 0 amide bonds. The van der Waals surface area contributed by atoms with Crippen molar-refractivity contribution in [2.75, 3.05) is 7.11 Å². The number of ether oxygens (including phenoxy) is 1. The molecule has 82 valence electrons. The molecule has 3 nitrogen and oxygen atoms in total. The fourth-order valence-electron chi connectivity index (χ4n) is 2.91. The van der Waals surface area contributed by atoms with Crippen LogP contribution in [0, 0.1) is 11.3 Å². The van der Waals surface area contributed by atoms with Crippen molar-refractivity contribution in [2.24, 2.45) is 11.3 Å². The van der Waals surface area contributed by atoms with Gasteiger partial charge in [0.15, 0.2) is 5.78 Å². The predicted octanol–water partition coefficient (Wildman–Crippen LogP) is 1.86. The third kappa shape index (κ3) is 1.18. The zero-order valence-electron chi connectivity index (χ0n) is 9.42. The van der Waals surface area contributed by atoms with E-state index in [1.54, 1.807) is 0 Å². The summed E-state index contributed by atoms with van der Waals surface area (Å²) in [5.41, 5.74) is 1.24. The fourth-order valence-corrected chi connectivity index (χ4v) is 2.91. The molecule has 15 heavy (non-hydrogen) atoms. The molecule has 0 spiro atoms. The van der Waals surface area contributed by atoms with E-state index in [9.17, 15) is 9.59 Å². The molecule has 0 bridgehead atoms. The van der Waals surface area contributed by atoms with E-state index in [4.69, 9.17) is 4.74 Å². The van der Waals surface area contributed by atoms with E-state index in [1.807, 2.05) is 13.8 Å². The topological polar surface area (TPSA) is 43.4 Å². The van der Waals surface area contributed by atoms with Crippen LogP contribution in [0.4, 0.5) is 0 Å². The Hall–Kier alpha value is -1.12. The molecule has 0 radical (unpaired) electrons. The van der Waals surface area contributed by atoms with Gasteiger partial charge in [0.2, 0.25) is 0 Å². The summed E-state index contributed by atoms with van der Waals surface area (Å²) >= 11 is 0. The van der Waals surface area contributed by atoms with Crippen LogP contribution in [0.25, 0.3) is 0 Å². The summed E-state index contributed by atoms with van der Waals surface area (Å²) in [5, 5.41) is 0. The molecule has 2 aliphatic rings. The largest absolute Gasteiger partial charge is 0.468 e. The monoisotopic (exact) mass is 208 g/mol. The first-order chi connectivity index (χ1) is 7.01. The lowest BCUT2D eigenvalue weighted by atomic mass is 9.75. The van der Waals surface area contributed by atoms with Crippen molar-refractivity contribution in [1.29, 1.82) is 0 Å². The molecule has 0 aromatic carbocycles. The van der Waals surface area contributed by atoms with E-state index in [-0.39, 0.29) is 17.7 Å². The number of hydrogen-bond acceptors (Lipinski definition) is 3. The van der Waals surface area contributed by atoms with Gasteiger partial charge in [0, 0.05) is 12.0 Å². The van der Waals surface area contributed by atoms with Crippen LogP contribution in [-0.4, -0.2) is 18.9 Å². The maximum atomic E-state index is 11.8. The Morgan fingerprint density at radius 2 is 2.13 bits per heavy atom. The summed E-state index contributed by atoms with van der Waals surface area (Å²) in [5.74, 6) is 0.0525. The quantitative estimate of drug-likeness (QED) is 0.618. The molecule has 2 atom stereocenters. The lowest BCUT2D eigenvalue weighted by Crippen LogP contribution is -2.36. The average molecular weight is 208 g/mol.